The largest absolute Gasteiger partial charge is 0.465 e. The molecule has 1 aliphatic rings. The summed E-state index contributed by atoms with van der Waals surface area (Å²) in [6.45, 7) is 0.377. The number of rotatable bonds is 4. The molecule has 1 heterocycles. The second-order valence-corrected chi connectivity index (χ2v) is 5.64. The van der Waals surface area contributed by atoms with Crippen LogP contribution in [0.1, 0.15) is 11.1 Å². The van der Waals surface area contributed by atoms with Gasteiger partial charge in [-0.25, -0.2) is 8.78 Å². The summed E-state index contributed by atoms with van der Waals surface area (Å²) in [5, 5.41) is 0. The average molecular weight is 302 g/mol. The predicted molar refractivity (Wildman–Crippen MR) is 78.1 cm³/mol. The summed E-state index contributed by atoms with van der Waals surface area (Å²) in [5.41, 5.74) is 1.75. The fourth-order valence-corrected chi connectivity index (χ4v) is 2.89. The first-order valence-corrected chi connectivity index (χ1v) is 7.28. The van der Waals surface area contributed by atoms with Gasteiger partial charge in [-0.15, -0.1) is 0 Å². The summed E-state index contributed by atoms with van der Waals surface area (Å²) in [6, 6.07) is 13.6. The van der Waals surface area contributed by atoms with Gasteiger partial charge in [0, 0.05) is 5.92 Å². The van der Waals surface area contributed by atoms with E-state index < -0.39 is 11.6 Å². The van der Waals surface area contributed by atoms with E-state index in [4.69, 9.17) is 4.74 Å². The van der Waals surface area contributed by atoms with Crippen LogP contribution in [-0.2, 0) is 22.4 Å². The van der Waals surface area contributed by atoms with Gasteiger partial charge >= 0.3 is 5.97 Å². The summed E-state index contributed by atoms with van der Waals surface area (Å²) in [7, 11) is 0. The molecule has 0 unspecified atom stereocenters. The Hall–Kier alpha value is -2.23. The van der Waals surface area contributed by atoms with E-state index in [1.54, 1.807) is 0 Å². The fourth-order valence-electron chi connectivity index (χ4n) is 2.89. The third kappa shape index (κ3) is 3.16. The van der Waals surface area contributed by atoms with Crippen LogP contribution < -0.4 is 0 Å². The highest BCUT2D eigenvalue weighted by Crippen LogP contribution is 2.29. The maximum absolute atomic E-state index is 13.3. The summed E-state index contributed by atoms with van der Waals surface area (Å²) in [6.07, 6.45) is 1.11. The molecule has 2 atom stereocenters. The summed E-state index contributed by atoms with van der Waals surface area (Å²) in [4.78, 5) is 11.9. The van der Waals surface area contributed by atoms with E-state index in [0.717, 1.165) is 24.1 Å². The van der Waals surface area contributed by atoms with Gasteiger partial charge in [-0.1, -0.05) is 36.4 Å². The lowest BCUT2D eigenvalue weighted by Crippen LogP contribution is -2.20. The zero-order valence-corrected chi connectivity index (χ0v) is 12.0. The molecule has 0 spiro atoms. The van der Waals surface area contributed by atoms with Crippen LogP contribution in [-0.4, -0.2) is 12.6 Å². The van der Waals surface area contributed by atoms with Crippen LogP contribution in [0.15, 0.2) is 48.5 Å². The first-order valence-electron chi connectivity index (χ1n) is 7.28. The molecule has 0 amide bonds. The van der Waals surface area contributed by atoms with Crippen LogP contribution in [0.4, 0.5) is 8.78 Å². The van der Waals surface area contributed by atoms with Gasteiger partial charge in [0.15, 0.2) is 11.6 Å². The molecular formula is C18H16F2O2. The molecule has 1 saturated heterocycles. The van der Waals surface area contributed by atoms with Gasteiger partial charge in [-0.2, -0.15) is 0 Å². The zero-order chi connectivity index (χ0) is 15.5. The number of hydrogen-bond acceptors (Lipinski definition) is 2. The highest BCUT2D eigenvalue weighted by molar-refractivity contribution is 5.75. The maximum atomic E-state index is 13.3. The second-order valence-electron chi connectivity index (χ2n) is 5.64. The number of carbonyl (C=O) groups is 1. The first kappa shape index (κ1) is 14.7. The number of hydrogen-bond donors (Lipinski definition) is 0. The van der Waals surface area contributed by atoms with Crippen LogP contribution in [0.25, 0.3) is 0 Å². The molecule has 0 saturated carbocycles. The lowest BCUT2D eigenvalue weighted by molar-refractivity contribution is -0.141. The molecule has 2 nitrogen and oxygen atoms in total. The first-order chi connectivity index (χ1) is 10.6. The standard InChI is InChI=1S/C18H16F2O2/c19-16-7-6-13(10-17(16)20)9-15-14(11-22-18(15)21)8-12-4-2-1-3-5-12/h1-7,10,14-15H,8-9,11H2/t14-,15+/m0/s1. The molecule has 0 aromatic heterocycles. The Morgan fingerprint density at radius 2 is 1.73 bits per heavy atom. The van der Waals surface area contributed by atoms with E-state index in [1.807, 2.05) is 30.3 Å². The van der Waals surface area contributed by atoms with E-state index >= 15 is 0 Å². The van der Waals surface area contributed by atoms with Gasteiger partial charge in [0.05, 0.1) is 12.5 Å². The highest BCUT2D eigenvalue weighted by atomic mass is 19.2. The molecule has 114 valence electrons. The van der Waals surface area contributed by atoms with Crippen molar-refractivity contribution in [3.63, 3.8) is 0 Å². The van der Waals surface area contributed by atoms with Crippen molar-refractivity contribution in [2.24, 2.45) is 11.8 Å². The lowest BCUT2D eigenvalue weighted by Gasteiger charge is -2.15. The number of ether oxygens (including phenoxy) is 1. The van der Waals surface area contributed by atoms with Crippen LogP contribution >= 0.6 is 0 Å². The minimum Gasteiger partial charge on any atom is -0.465 e. The van der Waals surface area contributed by atoms with E-state index in [-0.39, 0.29) is 17.8 Å². The van der Waals surface area contributed by atoms with E-state index in [1.165, 1.54) is 6.07 Å². The Morgan fingerprint density at radius 3 is 2.45 bits per heavy atom. The van der Waals surface area contributed by atoms with Crippen LogP contribution in [0, 0.1) is 23.5 Å². The van der Waals surface area contributed by atoms with E-state index in [2.05, 4.69) is 0 Å². The van der Waals surface area contributed by atoms with Crippen molar-refractivity contribution in [1.82, 2.24) is 0 Å². The molecule has 0 aliphatic carbocycles. The number of benzene rings is 2. The molecular weight excluding hydrogens is 286 g/mol. The molecule has 0 radical (unpaired) electrons. The second kappa shape index (κ2) is 6.26. The lowest BCUT2D eigenvalue weighted by atomic mass is 9.85. The van der Waals surface area contributed by atoms with Gasteiger partial charge in [0.2, 0.25) is 0 Å². The minimum absolute atomic E-state index is 0.0583. The van der Waals surface area contributed by atoms with Crippen molar-refractivity contribution in [3.8, 4) is 0 Å². The van der Waals surface area contributed by atoms with E-state index in [0.29, 0.717) is 18.6 Å². The predicted octanol–water partition coefficient (Wildman–Crippen LogP) is 3.54. The van der Waals surface area contributed by atoms with Gasteiger partial charge < -0.3 is 4.74 Å². The van der Waals surface area contributed by atoms with Gasteiger partial charge in [0.1, 0.15) is 0 Å². The minimum atomic E-state index is -0.886. The number of halogens is 2. The molecule has 3 rings (SSSR count). The van der Waals surface area contributed by atoms with Crippen molar-refractivity contribution in [3.05, 3.63) is 71.3 Å². The Bertz CT molecular complexity index is 670. The van der Waals surface area contributed by atoms with Gasteiger partial charge in [-0.3, -0.25) is 4.79 Å². The van der Waals surface area contributed by atoms with Crippen molar-refractivity contribution in [1.29, 1.82) is 0 Å². The average Bonchev–Trinajstić information content (AvgIpc) is 2.85. The quantitative estimate of drug-likeness (QED) is 0.808. The highest BCUT2D eigenvalue weighted by Gasteiger charge is 2.36. The molecule has 1 aliphatic heterocycles. The molecule has 0 bridgehead atoms. The van der Waals surface area contributed by atoms with Crippen LogP contribution in [0.2, 0.25) is 0 Å². The van der Waals surface area contributed by atoms with Gasteiger partial charge in [-0.05, 0) is 36.1 Å². The molecule has 22 heavy (non-hydrogen) atoms. The third-order valence-corrected chi connectivity index (χ3v) is 4.09. The summed E-state index contributed by atoms with van der Waals surface area (Å²) >= 11 is 0. The Labute approximate surface area is 127 Å². The molecule has 2 aromatic carbocycles. The zero-order valence-electron chi connectivity index (χ0n) is 12.0. The molecule has 4 heteroatoms. The van der Waals surface area contributed by atoms with Crippen LogP contribution in [0.3, 0.4) is 0 Å². The topological polar surface area (TPSA) is 26.3 Å². The van der Waals surface area contributed by atoms with E-state index in [9.17, 15) is 13.6 Å². The SMILES string of the molecule is O=C1OC[C@H](Cc2ccccc2)[C@H]1Cc1ccc(F)c(F)c1. The third-order valence-electron chi connectivity index (χ3n) is 4.09. The number of cyclic esters (lactones) is 1. The molecule has 0 N–H and O–H groups in total. The van der Waals surface area contributed by atoms with Crippen molar-refractivity contribution < 1.29 is 18.3 Å². The molecule has 1 fully saturated rings. The summed E-state index contributed by atoms with van der Waals surface area (Å²) in [5.74, 6) is -2.28. The Morgan fingerprint density at radius 1 is 0.955 bits per heavy atom. The smallest absolute Gasteiger partial charge is 0.309 e. The van der Waals surface area contributed by atoms with Crippen molar-refractivity contribution >= 4 is 5.97 Å². The normalized spacial score (nSPS) is 20.9. The van der Waals surface area contributed by atoms with Crippen molar-refractivity contribution in [2.45, 2.75) is 12.8 Å². The van der Waals surface area contributed by atoms with Crippen molar-refractivity contribution in [2.75, 3.05) is 6.61 Å². The summed E-state index contributed by atoms with van der Waals surface area (Å²) < 4.78 is 31.5. The number of carbonyl (C=O) groups excluding carboxylic acids is 1. The Kier molecular flexibility index (Phi) is 4.18. The number of esters is 1. The maximum Gasteiger partial charge on any atom is 0.309 e. The Balaban J connectivity index is 1.74. The van der Waals surface area contributed by atoms with Crippen LogP contribution in [0.5, 0.6) is 0 Å². The molecule has 2 aromatic rings. The fraction of sp³-hybridized carbons (Fsp3) is 0.278. The van der Waals surface area contributed by atoms with Gasteiger partial charge in [0.25, 0.3) is 0 Å². The monoisotopic (exact) mass is 302 g/mol.